The zero-order valence-corrected chi connectivity index (χ0v) is 27.2. The van der Waals surface area contributed by atoms with E-state index in [-0.39, 0.29) is 23.7 Å². The summed E-state index contributed by atoms with van der Waals surface area (Å²) in [6.45, 7) is 1.41. The zero-order valence-electron chi connectivity index (χ0n) is 27.2. The van der Waals surface area contributed by atoms with Crippen LogP contribution in [0.2, 0.25) is 0 Å². The molecule has 1 saturated carbocycles. The lowest BCUT2D eigenvalue weighted by Crippen LogP contribution is -2.10. The van der Waals surface area contributed by atoms with Crippen LogP contribution in [-0.4, -0.2) is 27.2 Å². The first-order chi connectivity index (χ1) is 23.9. The number of hydrogen-bond donors (Lipinski definition) is 1. The predicted molar refractivity (Wildman–Crippen MR) is 190 cm³/mol. The summed E-state index contributed by atoms with van der Waals surface area (Å²) < 4.78 is 37.6. The summed E-state index contributed by atoms with van der Waals surface area (Å²) in [7, 11) is 1.36. The van der Waals surface area contributed by atoms with Crippen LogP contribution < -0.4 is 5.73 Å². The Labute approximate surface area is 283 Å². The molecule has 0 saturated heterocycles. The van der Waals surface area contributed by atoms with Crippen molar-refractivity contribution < 1.29 is 18.3 Å². The van der Waals surface area contributed by atoms with Gasteiger partial charge in [0.15, 0.2) is 0 Å². The third kappa shape index (κ3) is 7.09. The van der Waals surface area contributed by atoms with Gasteiger partial charge in [0.1, 0.15) is 11.6 Å². The predicted octanol–water partition coefficient (Wildman–Crippen LogP) is 8.89. The Balaban J connectivity index is 0.000000178. The molecule has 6 nitrogen and oxygen atoms in total. The molecule has 2 N–H and O–H groups in total. The van der Waals surface area contributed by atoms with Gasteiger partial charge in [0, 0.05) is 54.9 Å². The second kappa shape index (κ2) is 13.8. The van der Waals surface area contributed by atoms with Crippen molar-refractivity contribution in [2.24, 2.45) is 0 Å². The topological polar surface area (TPSA) is 75.1 Å². The Hall–Kier alpha value is -5.76. The highest BCUT2D eigenvalue weighted by atomic mass is 19.1. The molecule has 0 radical (unpaired) electrons. The van der Waals surface area contributed by atoms with E-state index in [1.54, 1.807) is 12.1 Å². The van der Waals surface area contributed by atoms with Crippen LogP contribution in [0.1, 0.15) is 57.1 Å². The molecule has 7 aromatic rings. The molecule has 4 aromatic carbocycles. The Morgan fingerprint density at radius 3 is 1.94 bits per heavy atom. The molecule has 246 valence electrons. The summed E-state index contributed by atoms with van der Waals surface area (Å²) in [4.78, 5) is 16.8. The van der Waals surface area contributed by atoms with Crippen LogP contribution in [0.3, 0.4) is 0 Å². The van der Waals surface area contributed by atoms with Gasteiger partial charge in [0.05, 0.1) is 35.1 Å². The lowest BCUT2D eigenvalue weighted by Gasteiger charge is -2.11. The van der Waals surface area contributed by atoms with Gasteiger partial charge in [-0.15, -0.1) is 0 Å². The summed E-state index contributed by atoms with van der Waals surface area (Å²) in [5.41, 5.74) is 12.3. The first-order valence-corrected chi connectivity index (χ1v) is 16.3. The summed E-state index contributed by atoms with van der Waals surface area (Å²) in [6, 6.07) is 32.6. The van der Waals surface area contributed by atoms with Gasteiger partial charge in [0.25, 0.3) is 0 Å². The maximum Gasteiger partial charge on any atom is 0.339 e. The van der Waals surface area contributed by atoms with Crippen molar-refractivity contribution in [2.45, 2.75) is 38.3 Å². The minimum absolute atomic E-state index is 0.194. The number of hydrogen-bond acceptors (Lipinski definition) is 4. The SMILES string of the molecule is COC(=O)c1cc(C2CC2)cnc1Cc1cc2ccn(Cc3ccccc3)c2cc1F.Nc1cc2ccn(Cc3ccccc3)c2cc1F. The zero-order chi connectivity index (χ0) is 33.9. The van der Waals surface area contributed by atoms with Crippen LogP contribution in [0.5, 0.6) is 0 Å². The number of nitrogens with zero attached hydrogens (tertiary/aromatic N) is 3. The fourth-order valence-electron chi connectivity index (χ4n) is 6.22. The molecule has 8 rings (SSSR count). The maximum absolute atomic E-state index is 15.1. The lowest BCUT2D eigenvalue weighted by molar-refractivity contribution is 0.0599. The minimum atomic E-state index is -0.430. The molecule has 3 aromatic heterocycles. The molecule has 1 aliphatic rings. The van der Waals surface area contributed by atoms with Crippen molar-refractivity contribution in [2.75, 3.05) is 12.8 Å². The molecule has 0 amide bonds. The van der Waals surface area contributed by atoms with Gasteiger partial charge < -0.3 is 19.6 Å². The van der Waals surface area contributed by atoms with Crippen LogP contribution in [-0.2, 0) is 24.2 Å². The maximum atomic E-state index is 15.1. The van der Waals surface area contributed by atoms with E-state index >= 15 is 4.39 Å². The number of carbonyl (C=O) groups is 1. The number of anilines is 1. The average Bonchev–Trinajstić information content (AvgIpc) is 3.82. The number of rotatable bonds is 8. The van der Waals surface area contributed by atoms with Crippen molar-refractivity contribution in [1.82, 2.24) is 14.1 Å². The van der Waals surface area contributed by atoms with E-state index in [0.717, 1.165) is 52.3 Å². The average molecular weight is 655 g/mol. The highest BCUT2D eigenvalue weighted by Crippen LogP contribution is 2.40. The van der Waals surface area contributed by atoms with Crippen LogP contribution >= 0.6 is 0 Å². The van der Waals surface area contributed by atoms with Gasteiger partial charge in [0.2, 0.25) is 0 Å². The van der Waals surface area contributed by atoms with Gasteiger partial charge in [-0.05, 0) is 77.4 Å². The number of halogens is 2. The quantitative estimate of drug-likeness (QED) is 0.131. The summed E-state index contributed by atoms with van der Waals surface area (Å²) in [6.07, 6.45) is 8.22. The number of benzene rings is 4. The Kier molecular flexibility index (Phi) is 8.94. The molecule has 1 aliphatic carbocycles. The number of methoxy groups -OCH3 is 1. The summed E-state index contributed by atoms with van der Waals surface area (Å²) >= 11 is 0. The monoisotopic (exact) mass is 654 g/mol. The second-order valence-corrected chi connectivity index (χ2v) is 12.5. The molecule has 8 heteroatoms. The number of nitrogen functional groups attached to an aromatic ring is 1. The molecular formula is C41H36F2N4O2. The van der Waals surface area contributed by atoms with Crippen LogP contribution in [0.15, 0.2) is 122 Å². The first kappa shape index (κ1) is 31.8. The molecule has 3 heterocycles. The minimum Gasteiger partial charge on any atom is -0.465 e. The van der Waals surface area contributed by atoms with Crippen molar-refractivity contribution >= 4 is 33.5 Å². The van der Waals surface area contributed by atoms with Gasteiger partial charge >= 0.3 is 5.97 Å². The molecule has 1 fully saturated rings. The van der Waals surface area contributed by atoms with Crippen LogP contribution in [0.25, 0.3) is 21.8 Å². The Morgan fingerprint density at radius 1 is 0.796 bits per heavy atom. The second-order valence-electron chi connectivity index (χ2n) is 12.5. The van der Waals surface area contributed by atoms with E-state index < -0.39 is 5.97 Å². The van der Waals surface area contributed by atoms with Crippen molar-refractivity contribution in [3.63, 3.8) is 0 Å². The van der Waals surface area contributed by atoms with Crippen molar-refractivity contribution in [3.8, 4) is 0 Å². The van der Waals surface area contributed by atoms with E-state index in [4.69, 9.17) is 10.5 Å². The Morgan fingerprint density at radius 2 is 1.37 bits per heavy atom. The van der Waals surface area contributed by atoms with Gasteiger partial charge in [-0.25, -0.2) is 13.6 Å². The molecular weight excluding hydrogens is 618 g/mol. The van der Waals surface area contributed by atoms with Crippen LogP contribution in [0, 0.1) is 11.6 Å². The third-order valence-corrected chi connectivity index (χ3v) is 9.02. The first-order valence-electron chi connectivity index (χ1n) is 16.3. The number of fused-ring (bicyclic) bond motifs is 2. The lowest BCUT2D eigenvalue weighted by atomic mass is 10.0. The Bertz CT molecular complexity index is 2260. The summed E-state index contributed by atoms with van der Waals surface area (Å²) in [5, 5.41) is 1.92. The third-order valence-electron chi connectivity index (χ3n) is 9.02. The molecule has 0 aliphatic heterocycles. The normalized spacial score (nSPS) is 12.6. The standard InChI is InChI=1S/C26H23FN2O2.C15H13FN2/c1-31-26(30)22-12-21(18-7-8-18)15-28-24(22)13-20-11-19-9-10-29(25(19)14-23(20)27)16-17-5-3-2-4-6-17;16-13-9-15-12(8-14(13)17)6-7-18(15)10-11-4-2-1-3-5-11/h2-6,9-12,14-15,18H,7-8,13,16H2,1H3;1-9H,10,17H2. The van der Waals surface area contributed by atoms with Gasteiger partial charge in [-0.1, -0.05) is 60.7 Å². The van der Waals surface area contributed by atoms with Crippen molar-refractivity contribution in [3.05, 3.63) is 167 Å². The van der Waals surface area contributed by atoms with E-state index in [1.807, 2.05) is 88.4 Å². The van der Waals surface area contributed by atoms with Gasteiger partial charge in [-0.2, -0.15) is 0 Å². The highest BCUT2D eigenvalue weighted by Gasteiger charge is 2.26. The number of pyridine rings is 1. The molecule has 0 spiro atoms. The van der Waals surface area contributed by atoms with E-state index in [0.29, 0.717) is 29.3 Å². The summed E-state index contributed by atoms with van der Waals surface area (Å²) in [5.74, 6) is -0.622. The molecule has 49 heavy (non-hydrogen) atoms. The number of esters is 1. The van der Waals surface area contributed by atoms with E-state index in [9.17, 15) is 9.18 Å². The van der Waals surface area contributed by atoms with Crippen LogP contribution in [0.4, 0.5) is 14.5 Å². The molecule has 0 unspecified atom stereocenters. The van der Waals surface area contributed by atoms with Crippen molar-refractivity contribution in [1.29, 1.82) is 0 Å². The molecule has 0 atom stereocenters. The fraction of sp³-hybridized carbons (Fsp3) is 0.171. The highest BCUT2D eigenvalue weighted by molar-refractivity contribution is 5.91. The fourth-order valence-corrected chi connectivity index (χ4v) is 6.22. The van der Waals surface area contributed by atoms with E-state index in [1.165, 1.54) is 18.7 Å². The number of carbonyl (C=O) groups excluding carboxylic acids is 1. The molecule has 0 bridgehead atoms. The smallest absolute Gasteiger partial charge is 0.339 e. The largest absolute Gasteiger partial charge is 0.465 e. The number of ether oxygens (including phenoxy) is 1. The number of aromatic nitrogens is 3. The number of nitrogens with two attached hydrogens (primary N) is 1. The van der Waals surface area contributed by atoms with Gasteiger partial charge in [-0.3, -0.25) is 4.98 Å². The van der Waals surface area contributed by atoms with E-state index in [2.05, 4.69) is 29.2 Å².